The average molecular weight is 312 g/mol. The number of rotatable bonds is 7. The van der Waals surface area contributed by atoms with Gasteiger partial charge in [0.1, 0.15) is 0 Å². The number of carbonyl (C=O) groups is 1. The first-order valence-corrected chi connectivity index (χ1v) is 8.07. The van der Waals surface area contributed by atoms with Gasteiger partial charge in [-0.3, -0.25) is 4.79 Å². The van der Waals surface area contributed by atoms with Gasteiger partial charge in [0, 0.05) is 38.2 Å². The number of unbranched alkanes of at least 4 members (excludes halogenated alkanes) is 1. The van der Waals surface area contributed by atoms with E-state index in [9.17, 15) is 4.79 Å². The molecular weight excluding hydrogens is 288 g/mol. The lowest BCUT2D eigenvalue weighted by atomic mass is 10.2. The summed E-state index contributed by atoms with van der Waals surface area (Å²) >= 11 is 0. The summed E-state index contributed by atoms with van der Waals surface area (Å²) in [7, 11) is 1.81. The number of hydrogen-bond acceptors (Lipinski definition) is 4. The molecule has 0 spiro atoms. The third-order valence-corrected chi connectivity index (χ3v) is 3.70. The Morgan fingerprint density at radius 3 is 2.30 bits per heavy atom. The molecule has 1 heterocycles. The monoisotopic (exact) mass is 312 g/mol. The van der Waals surface area contributed by atoms with E-state index in [2.05, 4.69) is 16.9 Å². The summed E-state index contributed by atoms with van der Waals surface area (Å²) in [6.45, 7) is 5.67. The maximum absolute atomic E-state index is 12.3. The lowest BCUT2D eigenvalue weighted by molar-refractivity contribution is 0.0792. The summed E-state index contributed by atoms with van der Waals surface area (Å²) < 4.78 is 0. The molecule has 2 rings (SSSR count). The number of amides is 1. The standard InChI is InChI=1S/C18H24N4O/c1-4-6-12-21(3)17(23)15-13-19-18(20-14-15)22(5-2)16-10-8-7-9-11-16/h7-11,13-14H,4-6,12H2,1-3H3. The molecular formula is C18H24N4O. The predicted octanol–water partition coefficient (Wildman–Crippen LogP) is 3.51. The number of hydrogen-bond donors (Lipinski definition) is 0. The van der Waals surface area contributed by atoms with Crippen LogP contribution in [0.3, 0.4) is 0 Å². The normalized spacial score (nSPS) is 10.4. The van der Waals surface area contributed by atoms with E-state index < -0.39 is 0 Å². The Balaban J connectivity index is 2.13. The van der Waals surface area contributed by atoms with Crippen LogP contribution in [0.2, 0.25) is 0 Å². The van der Waals surface area contributed by atoms with Crippen LogP contribution in [0, 0.1) is 0 Å². The summed E-state index contributed by atoms with van der Waals surface area (Å²) in [4.78, 5) is 24.8. The van der Waals surface area contributed by atoms with Crippen molar-refractivity contribution in [2.24, 2.45) is 0 Å². The number of aromatic nitrogens is 2. The van der Waals surface area contributed by atoms with Crippen LogP contribution < -0.4 is 4.90 Å². The molecule has 0 aliphatic carbocycles. The van der Waals surface area contributed by atoms with Crippen molar-refractivity contribution in [2.45, 2.75) is 26.7 Å². The molecule has 0 N–H and O–H groups in total. The quantitative estimate of drug-likeness (QED) is 0.785. The smallest absolute Gasteiger partial charge is 0.256 e. The van der Waals surface area contributed by atoms with E-state index in [-0.39, 0.29) is 5.91 Å². The highest BCUT2D eigenvalue weighted by molar-refractivity contribution is 5.93. The Morgan fingerprint density at radius 2 is 1.74 bits per heavy atom. The molecule has 0 bridgehead atoms. The van der Waals surface area contributed by atoms with Crippen LogP contribution in [0.15, 0.2) is 42.7 Å². The third kappa shape index (κ3) is 4.28. The fourth-order valence-corrected chi connectivity index (χ4v) is 2.34. The Morgan fingerprint density at radius 1 is 1.09 bits per heavy atom. The zero-order valence-corrected chi connectivity index (χ0v) is 14.1. The number of benzene rings is 1. The number of nitrogens with zero attached hydrogens (tertiary/aromatic N) is 4. The van der Waals surface area contributed by atoms with Crippen molar-refractivity contribution in [3.8, 4) is 0 Å². The molecule has 0 unspecified atom stereocenters. The van der Waals surface area contributed by atoms with Gasteiger partial charge in [-0.25, -0.2) is 9.97 Å². The van der Waals surface area contributed by atoms with E-state index in [1.807, 2.05) is 49.2 Å². The van der Waals surface area contributed by atoms with Crippen molar-refractivity contribution in [2.75, 3.05) is 25.0 Å². The van der Waals surface area contributed by atoms with Crippen molar-refractivity contribution < 1.29 is 4.79 Å². The Bertz CT molecular complexity index is 613. The molecule has 0 saturated carbocycles. The zero-order valence-electron chi connectivity index (χ0n) is 14.1. The minimum absolute atomic E-state index is 0.0345. The van der Waals surface area contributed by atoms with E-state index >= 15 is 0 Å². The predicted molar refractivity (Wildman–Crippen MR) is 93.0 cm³/mol. The van der Waals surface area contributed by atoms with Gasteiger partial charge >= 0.3 is 0 Å². The Kier molecular flexibility index (Phi) is 6.09. The molecule has 23 heavy (non-hydrogen) atoms. The molecule has 1 amide bonds. The van der Waals surface area contributed by atoms with Gasteiger partial charge in [0.2, 0.25) is 5.95 Å². The van der Waals surface area contributed by atoms with Crippen LogP contribution in [0.4, 0.5) is 11.6 Å². The van der Waals surface area contributed by atoms with Crippen molar-refractivity contribution in [3.05, 3.63) is 48.3 Å². The number of carbonyl (C=O) groups excluding carboxylic acids is 1. The van der Waals surface area contributed by atoms with Crippen molar-refractivity contribution in [1.82, 2.24) is 14.9 Å². The van der Waals surface area contributed by atoms with E-state index in [1.54, 1.807) is 17.3 Å². The zero-order chi connectivity index (χ0) is 16.7. The molecule has 5 nitrogen and oxygen atoms in total. The van der Waals surface area contributed by atoms with Gasteiger partial charge in [0.25, 0.3) is 5.91 Å². The lowest BCUT2D eigenvalue weighted by Gasteiger charge is -2.21. The van der Waals surface area contributed by atoms with E-state index in [4.69, 9.17) is 0 Å². The Hall–Kier alpha value is -2.43. The van der Waals surface area contributed by atoms with Crippen LogP contribution in [-0.2, 0) is 0 Å². The molecule has 122 valence electrons. The van der Waals surface area contributed by atoms with Crippen LogP contribution in [0.5, 0.6) is 0 Å². The van der Waals surface area contributed by atoms with Crippen molar-refractivity contribution in [1.29, 1.82) is 0 Å². The van der Waals surface area contributed by atoms with Crippen LogP contribution in [-0.4, -0.2) is 40.9 Å². The first-order valence-electron chi connectivity index (χ1n) is 8.07. The van der Waals surface area contributed by atoms with Gasteiger partial charge in [-0.1, -0.05) is 31.5 Å². The topological polar surface area (TPSA) is 49.3 Å². The summed E-state index contributed by atoms with van der Waals surface area (Å²) in [6.07, 6.45) is 5.28. The molecule has 0 aliphatic heterocycles. The molecule has 0 aliphatic rings. The first kappa shape index (κ1) is 16.9. The second-order valence-corrected chi connectivity index (χ2v) is 5.43. The summed E-state index contributed by atoms with van der Waals surface area (Å²) in [5.74, 6) is 0.569. The highest BCUT2D eigenvalue weighted by Crippen LogP contribution is 2.20. The molecule has 0 saturated heterocycles. The first-order chi connectivity index (χ1) is 11.2. The molecule has 0 fully saturated rings. The third-order valence-electron chi connectivity index (χ3n) is 3.70. The highest BCUT2D eigenvalue weighted by atomic mass is 16.2. The van der Waals surface area contributed by atoms with E-state index in [1.165, 1.54) is 0 Å². The number of para-hydroxylation sites is 1. The summed E-state index contributed by atoms with van der Waals surface area (Å²) in [5.41, 5.74) is 1.56. The van der Waals surface area contributed by atoms with Gasteiger partial charge < -0.3 is 9.80 Å². The van der Waals surface area contributed by atoms with Crippen molar-refractivity contribution >= 4 is 17.5 Å². The maximum Gasteiger partial charge on any atom is 0.256 e. The molecule has 1 aromatic heterocycles. The highest BCUT2D eigenvalue weighted by Gasteiger charge is 2.14. The van der Waals surface area contributed by atoms with Gasteiger partial charge in [-0.05, 0) is 25.5 Å². The molecule has 1 aromatic carbocycles. The van der Waals surface area contributed by atoms with Crippen LogP contribution >= 0.6 is 0 Å². The van der Waals surface area contributed by atoms with Crippen LogP contribution in [0.1, 0.15) is 37.0 Å². The number of anilines is 2. The second kappa shape index (κ2) is 8.27. The van der Waals surface area contributed by atoms with E-state index in [0.717, 1.165) is 31.6 Å². The SMILES string of the molecule is CCCCN(C)C(=O)c1cnc(N(CC)c2ccccc2)nc1. The largest absolute Gasteiger partial charge is 0.342 e. The van der Waals surface area contributed by atoms with Gasteiger partial charge in [0.05, 0.1) is 5.56 Å². The lowest BCUT2D eigenvalue weighted by Crippen LogP contribution is -2.28. The fraction of sp³-hybridized carbons (Fsp3) is 0.389. The maximum atomic E-state index is 12.3. The molecule has 5 heteroatoms. The molecule has 2 aromatic rings. The van der Waals surface area contributed by atoms with Crippen LogP contribution in [0.25, 0.3) is 0 Å². The van der Waals surface area contributed by atoms with Crippen molar-refractivity contribution in [3.63, 3.8) is 0 Å². The van der Waals surface area contributed by atoms with Gasteiger partial charge in [-0.2, -0.15) is 0 Å². The van der Waals surface area contributed by atoms with E-state index in [0.29, 0.717) is 11.5 Å². The molecule has 0 atom stereocenters. The van der Waals surface area contributed by atoms with Gasteiger partial charge in [0.15, 0.2) is 0 Å². The van der Waals surface area contributed by atoms with Gasteiger partial charge in [-0.15, -0.1) is 0 Å². The molecule has 0 radical (unpaired) electrons. The fourth-order valence-electron chi connectivity index (χ4n) is 2.34. The second-order valence-electron chi connectivity index (χ2n) is 5.43. The summed E-state index contributed by atoms with van der Waals surface area (Å²) in [5, 5.41) is 0. The summed E-state index contributed by atoms with van der Waals surface area (Å²) in [6, 6.07) is 9.98. The minimum atomic E-state index is -0.0345. The minimum Gasteiger partial charge on any atom is -0.342 e. The average Bonchev–Trinajstić information content (AvgIpc) is 2.61. The Labute approximate surface area is 138 Å².